The lowest BCUT2D eigenvalue weighted by Crippen LogP contribution is -2.16. The number of anilines is 2. The molecule has 122 valence electrons. The number of methoxy groups -OCH3 is 2. The third kappa shape index (κ3) is 5.07. The molecule has 0 aliphatic heterocycles. The van der Waals surface area contributed by atoms with Gasteiger partial charge in [0, 0.05) is 29.7 Å². The van der Waals surface area contributed by atoms with Gasteiger partial charge in [0.2, 0.25) is 5.91 Å². The SMILES string of the molecule is COc1ccc(NCCC(=O)Nc2cccc(Cl)c2)c(OC)c1. The zero-order chi connectivity index (χ0) is 16.7. The molecule has 0 aliphatic rings. The fraction of sp³-hybridized carbons (Fsp3) is 0.235. The quantitative estimate of drug-likeness (QED) is 0.808. The van der Waals surface area contributed by atoms with Crippen LogP contribution in [0.4, 0.5) is 11.4 Å². The molecule has 5 nitrogen and oxygen atoms in total. The van der Waals surface area contributed by atoms with Gasteiger partial charge in [0.25, 0.3) is 0 Å². The molecule has 2 N–H and O–H groups in total. The van der Waals surface area contributed by atoms with E-state index in [9.17, 15) is 4.79 Å². The van der Waals surface area contributed by atoms with Crippen LogP contribution in [0.5, 0.6) is 11.5 Å². The lowest BCUT2D eigenvalue weighted by molar-refractivity contribution is -0.115. The number of benzene rings is 2. The molecule has 0 heterocycles. The standard InChI is InChI=1S/C17H19ClN2O3/c1-22-14-6-7-15(16(11-14)23-2)19-9-8-17(21)20-13-5-3-4-12(18)10-13/h3-7,10-11,19H,8-9H2,1-2H3,(H,20,21). The highest BCUT2D eigenvalue weighted by Crippen LogP contribution is 2.28. The molecule has 2 aromatic rings. The molecule has 0 aromatic heterocycles. The summed E-state index contributed by atoms with van der Waals surface area (Å²) < 4.78 is 10.4. The summed E-state index contributed by atoms with van der Waals surface area (Å²) in [5.41, 5.74) is 1.49. The minimum absolute atomic E-state index is 0.0905. The van der Waals surface area contributed by atoms with E-state index in [0.717, 1.165) is 5.69 Å². The molecular weight excluding hydrogens is 316 g/mol. The fourth-order valence-corrected chi connectivity index (χ4v) is 2.24. The summed E-state index contributed by atoms with van der Waals surface area (Å²) in [4.78, 5) is 11.9. The van der Waals surface area contributed by atoms with E-state index in [1.165, 1.54) is 0 Å². The first kappa shape index (κ1) is 17.0. The first-order valence-corrected chi connectivity index (χ1v) is 7.51. The number of nitrogens with one attached hydrogen (secondary N) is 2. The Hall–Kier alpha value is -2.40. The van der Waals surface area contributed by atoms with Crippen molar-refractivity contribution in [3.63, 3.8) is 0 Å². The highest BCUT2D eigenvalue weighted by atomic mass is 35.5. The summed E-state index contributed by atoms with van der Waals surface area (Å²) in [6, 6.07) is 12.5. The zero-order valence-corrected chi connectivity index (χ0v) is 13.8. The van der Waals surface area contributed by atoms with Crippen molar-refractivity contribution >= 4 is 28.9 Å². The summed E-state index contributed by atoms with van der Waals surface area (Å²) in [5, 5.41) is 6.56. The zero-order valence-electron chi connectivity index (χ0n) is 13.1. The van der Waals surface area contributed by atoms with E-state index in [0.29, 0.717) is 35.2 Å². The van der Waals surface area contributed by atoms with Crippen LogP contribution in [-0.4, -0.2) is 26.7 Å². The van der Waals surface area contributed by atoms with E-state index in [1.807, 2.05) is 12.1 Å². The fourth-order valence-electron chi connectivity index (χ4n) is 2.04. The second kappa shape index (κ2) is 8.29. The summed E-state index contributed by atoms with van der Waals surface area (Å²) >= 11 is 5.88. The lowest BCUT2D eigenvalue weighted by atomic mass is 10.2. The van der Waals surface area contributed by atoms with Gasteiger partial charge in [-0.05, 0) is 30.3 Å². The van der Waals surface area contributed by atoms with Gasteiger partial charge in [-0.15, -0.1) is 0 Å². The van der Waals surface area contributed by atoms with Gasteiger partial charge in [0.1, 0.15) is 11.5 Å². The van der Waals surface area contributed by atoms with Crippen LogP contribution in [-0.2, 0) is 4.79 Å². The van der Waals surface area contributed by atoms with E-state index >= 15 is 0 Å². The van der Waals surface area contributed by atoms with Gasteiger partial charge in [0.05, 0.1) is 19.9 Å². The normalized spacial score (nSPS) is 10.0. The van der Waals surface area contributed by atoms with Crippen LogP contribution < -0.4 is 20.1 Å². The molecule has 2 aromatic carbocycles. The maximum Gasteiger partial charge on any atom is 0.226 e. The number of ether oxygens (including phenoxy) is 2. The third-order valence-electron chi connectivity index (χ3n) is 3.18. The number of hydrogen-bond acceptors (Lipinski definition) is 4. The lowest BCUT2D eigenvalue weighted by Gasteiger charge is -2.12. The van der Waals surface area contributed by atoms with Crippen LogP contribution in [0.1, 0.15) is 6.42 Å². The molecule has 0 unspecified atom stereocenters. The molecule has 0 radical (unpaired) electrons. The minimum Gasteiger partial charge on any atom is -0.497 e. The van der Waals surface area contributed by atoms with Crippen LogP contribution in [0.15, 0.2) is 42.5 Å². The molecule has 0 saturated carbocycles. The first-order valence-electron chi connectivity index (χ1n) is 7.13. The Morgan fingerprint density at radius 1 is 1.13 bits per heavy atom. The predicted molar refractivity (Wildman–Crippen MR) is 92.7 cm³/mol. The summed E-state index contributed by atoms with van der Waals surface area (Å²) in [6.45, 7) is 0.481. The van der Waals surface area contributed by atoms with Crippen molar-refractivity contribution in [2.24, 2.45) is 0 Å². The van der Waals surface area contributed by atoms with Gasteiger partial charge in [-0.3, -0.25) is 4.79 Å². The Bertz CT molecular complexity index is 677. The Morgan fingerprint density at radius 3 is 2.65 bits per heavy atom. The van der Waals surface area contributed by atoms with Gasteiger partial charge in [-0.25, -0.2) is 0 Å². The van der Waals surface area contributed by atoms with Gasteiger partial charge in [-0.1, -0.05) is 17.7 Å². The second-order valence-corrected chi connectivity index (χ2v) is 5.24. The van der Waals surface area contributed by atoms with Crippen molar-refractivity contribution in [2.75, 3.05) is 31.4 Å². The number of hydrogen-bond donors (Lipinski definition) is 2. The molecule has 23 heavy (non-hydrogen) atoms. The van der Waals surface area contributed by atoms with Crippen LogP contribution >= 0.6 is 11.6 Å². The van der Waals surface area contributed by atoms with E-state index in [4.69, 9.17) is 21.1 Å². The highest BCUT2D eigenvalue weighted by molar-refractivity contribution is 6.30. The number of carbonyl (C=O) groups is 1. The molecule has 0 atom stereocenters. The highest BCUT2D eigenvalue weighted by Gasteiger charge is 2.06. The molecule has 0 bridgehead atoms. The molecule has 1 amide bonds. The smallest absolute Gasteiger partial charge is 0.226 e. The molecule has 6 heteroatoms. The van der Waals surface area contributed by atoms with Crippen molar-refractivity contribution in [1.29, 1.82) is 0 Å². The molecular formula is C17H19ClN2O3. The van der Waals surface area contributed by atoms with Gasteiger partial charge in [0.15, 0.2) is 0 Å². The topological polar surface area (TPSA) is 59.6 Å². The largest absolute Gasteiger partial charge is 0.497 e. The maximum absolute atomic E-state index is 11.9. The van der Waals surface area contributed by atoms with Crippen molar-refractivity contribution in [2.45, 2.75) is 6.42 Å². The second-order valence-electron chi connectivity index (χ2n) is 4.80. The van der Waals surface area contributed by atoms with Crippen LogP contribution in [0.25, 0.3) is 0 Å². The van der Waals surface area contributed by atoms with E-state index < -0.39 is 0 Å². The molecule has 0 spiro atoms. The molecule has 2 rings (SSSR count). The first-order chi connectivity index (χ1) is 11.1. The Kier molecular flexibility index (Phi) is 6.11. The van der Waals surface area contributed by atoms with Crippen LogP contribution in [0.2, 0.25) is 5.02 Å². The van der Waals surface area contributed by atoms with E-state index in [2.05, 4.69) is 10.6 Å². The number of rotatable bonds is 7. The molecule has 0 saturated heterocycles. The third-order valence-corrected chi connectivity index (χ3v) is 3.42. The average molecular weight is 335 g/mol. The Labute approximate surface area is 140 Å². The van der Waals surface area contributed by atoms with Crippen molar-refractivity contribution in [3.05, 3.63) is 47.5 Å². The monoisotopic (exact) mass is 334 g/mol. The van der Waals surface area contributed by atoms with E-state index in [-0.39, 0.29) is 5.91 Å². The van der Waals surface area contributed by atoms with Gasteiger partial charge in [-0.2, -0.15) is 0 Å². The van der Waals surface area contributed by atoms with Gasteiger partial charge >= 0.3 is 0 Å². The number of carbonyl (C=O) groups excluding carboxylic acids is 1. The van der Waals surface area contributed by atoms with Crippen molar-refractivity contribution in [3.8, 4) is 11.5 Å². The average Bonchev–Trinajstić information content (AvgIpc) is 2.55. The number of halogens is 1. The Balaban J connectivity index is 1.86. The molecule has 0 fully saturated rings. The Morgan fingerprint density at radius 2 is 1.96 bits per heavy atom. The summed E-state index contributed by atoms with van der Waals surface area (Å²) in [7, 11) is 3.19. The predicted octanol–water partition coefficient (Wildman–Crippen LogP) is 3.80. The molecule has 0 aliphatic carbocycles. The van der Waals surface area contributed by atoms with Crippen LogP contribution in [0.3, 0.4) is 0 Å². The number of amides is 1. The van der Waals surface area contributed by atoms with E-state index in [1.54, 1.807) is 44.6 Å². The summed E-state index contributed by atoms with van der Waals surface area (Å²) in [6.07, 6.45) is 0.321. The summed E-state index contributed by atoms with van der Waals surface area (Å²) in [5.74, 6) is 1.29. The van der Waals surface area contributed by atoms with Crippen LogP contribution in [0, 0.1) is 0 Å². The van der Waals surface area contributed by atoms with Crippen molar-refractivity contribution in [1.82, 2.24) is 0 Å². The maximum atomic E-state index is 11.9. The minimum atomic E-state index is -0.0905. The van der Waals surface area contributed by atoms with Gasteiger partial charge < -0.3 is 20.1 Å². The van der Waals surface area contributed by atoms with Crippen molar-refractivity contribution < 1.29 is 14.3 Å².